The third-order valence-electron chi connectivity index (χ3n) is 5.00. The van der Waals surface area contributed by atoms with Crippen molar-refractivity contribution < 1.29 is 4.79 Å². The first kappa shape index (κ1) is 17.2. The molecule has 7 heteroatoms. The molecule has 0 bridgehead atoms. The van der Waals surface area contributed by atoms with E-state index in [0.717, 1.165) is 62.1 Å². The van der Waals surface area contributed by atoms with E-state index < -0.39 is 0 Å². The average molecular weight is 350 g/mol. The van der Waals surface area contributed by atoms with Crippen molar-refractivity contribution in [2.45, 2.75) is 39.5 Å². The van der Waals surface area contributed by atoms with Crippen molar-refractivity contribution in [3.8, 4) is 0 Å². The highest BCUT2D eigenvalue weighted by molar-refractivity contribution is 7.11. The number of likely N-dealkylation sites (tertiary alicyclic amines) is 1. The summed E-state index contributed by atoms with van der Waals surface area (Å²) in [5.41, 5.74) is 1.24. The van der Waals surface area contributed by atoms with E-state index >= 15 is 0 Å². The summed E-state index contributed by atoms with van der Waals surface area (Å²) < 4.78 is 0. The molecular formula is C17H27N5OS. The first-order valence-corrected chi connectivity index (χ1v) is 9.48. The number of guanidine groups is 1. The Bertz CT molecular complexity index is 641. The van der Waals surface area contributed by atoms with Gasteiger partial charge in [-0.05, 0) is 26.7 Å². The number of nitrogens with zero attached hydrogens (tertiary/aromatic N) is 3. The topological polar surface area (TPSA) is 69.6 Å². The number of hydrogen-bond donors (Lipinski definition) is 2. The molecule has 1 spiro atoms. The molecule has 2 fully saturated rings. The Morgan fingerprint density at radius 3 is 2.96 bits per heavy atom. The van der Waals surface area contributed by atoms with E-state index in [4.69, 9.17) is 0 Å². The van der Waals surface area contributed by atoms with Crippen molar-refractivity contribution >= 4 is 23.2 Å². The zero-order valence-corrected chi connectivity index (χ0v) is 15.6. The molecule has 1 atom stereocenters. The zero-order valence-electron chi connectivity index (χ0n) is 14.8. The third-order valence-corrected chi connectivity index (χ3v) is 6.14. The minimum Gasteiger partial charge on any atom is -0.356 e. The summed E-state index contributed by atoms with van der Waals surface area (Å²) in [5, 5.41) is 7.62. The standard InChI is InChI=1S/C17H27N5OS/c1-12-14(24-13(2)21-12)5-7-19-16(18-3)22-8-4-6-17(11-22)9-15(23)20-10-17/h4-11H2,1-3H3,(H,18,19)(H,20,23). The summed E-state index contributed by atoms with van der Waals surface area (Å²) in [7, 11) is 1.84. The van der Waals surface area contributed by atoms with Crippen molar-refractivity contribution in [2.24, 2.45) is 10.4 Å². The highest BCUT2D eigenvalue weighted by Gasteiger charge is 2.42. The van der Waals surface area contributed by atoms with Crippen LogP contribution in [0.15, 0.2) is 4.99 Å². The first-order valence-electron chi connectivity index (χ1n) is 8.66. The molecule has 3 heterocycles. The molecule has 0 saturated carbocycles. The number of piperidine rings is 1. The van der Waals surface area contributed by atoms with Gasteiger partial charge in [-0.15, -0.1) is 11.3 Å². The number of carbonyl (C=O) groups excluding carboxylic acids is 1. The van der Waals surface area contributed by atoms with Crippen LogP contribution in [0.3, 0.4) is 0 Å². The average Bonchev–Trinajstić information content (AvgIpc) is 3.06. The molecule has 0 radical (unpaired) electrons. The Morgan fingerprint density at radius 2 is 2.33 bits per heavy atom. The van der Waals surface area contributed by atoms with Crippen LogP contribution in [0, 0.1) is 19.3 Å². The lowest BCUT2D eigenvalue weighted by molar-refractivity contribution is -0.119. The molecule has 24 heavy (non-hydrogen) atoms. The van der Waals surface area contributed by atoms with Gasteiger partial charge >= 0.3 is 0 Å². The van der Waals surface area contributed by atoms with Gasteiger partial charge in [0.25, 0.3) is 0 Å². The molecule has 2 aliphatic heterocycles. The van der Waals surface area contributed by atoms with Crippen LogP contribution >= 0.6 is 11.3 Å². The van der Waals surface area contributed by atoms with E-state index in [0.29, 0.717) is 6.42 Å². The quantitative estimate of drug-likeness (QED) is 0.641. The number of rotatable bonds is 3. The van der Waals surface area contributed by atoms with Crippen LogP contribution in [-0.4, -0.2) is 55.0 Å². The van der Waals surface area contributed by atoms with Crippen molar-refractivity contribution in [1.82, 2.24) is 20.5 Å². The Labute approximate surface area is 147 Å². The minimum atomic E-state index is 0.0956. The number of hydrogen-bond acceptors (Lipinski definition) is 4. The van der Waals surface area contributed by atoms with Crippen LogP contribution in [-0.2, 0) is 11.2 Å². The van der Waals surface area contributed by atoms with Gasteiger partial charge in [0.2, 0.25) is 5.91 Å². The molecule has 2 saturated heterocycles. The fourth-order valence-electron chi connectivity index (χ4n) is 3.85. The second-order valence-electron chi connectivity index (χ2n) is 6.94. The molecule has 3 rings (SSSR count). The van der Waals surface area contributed by atoms with Gasteiger partial charge in [-0.1, -0.05) is 0 Å². The van der Waals surface area contributed by atoms with E-state index in [2.05, 4.69) is 39.4 Å². The fraction of sp³-hybridized carbons (Fsp3) is 0.706. The lowest BCUT2D eigenvalue weighted by Gasteiger charge is -2.40. The van der Waals surface area contributed by atoms with Crippen LogP contribution in [0.2, 0.25) is 0 Å². The first-order chi connectivity index (χ1) is 11.5. The van der Waals surface area contributed by atoms with Gasteiger partial charge in [0.1, 0.15) is 0 Å². The SMILES string of the molecule is CN=C(NCCc1sc(C)nc1C)N1CCCC2(CNC(=O)C2)C1. The normalized spacial score (nSPS) is 24.5. The number of carbonyl (C=O) groups is 1. The van der Waals surface area contributed by atoms with Gasteiger partial charge < -0.3 is 15.5 Å². The number of nitrogens with one attached hydrogen (secondary N) is 2. The van der Waals surface area contributed by atoms with E-state index in [1.807, 2.05) is 7.05 Å². The van der Waals surface area contributed by atoms with E-state index in [1.54, 1.807) is 11.3 Å². The number of aryl methyl sites for hydroxylation is 2. The van der Waals surface area contributed by atoms with E-state index in [9.17, 15) is 4.79 Å². The van der Waals surface area contributed by atoms with Gasteiger partial charge in [0.15, 0.2) is 5.96 Å². The predicted octanol–water partition coefficient (Wildman–Crippen LogP) is 1.48. The highest BCUT2D eigenvalue weighted by atomic mass is 32.1. The number of aromatic nitrogens is 1. The van der Waals surface area contributed by atoms with Crippen LogP contribution in [0.25, 0.3) is 0 Å². The van der Waals surface area contributed by atoms with E-state index in [1.165, 1.54) is 4.88 Å². The van der Waals surface area contributed by atoms with Gasteiger partial charge in [-0.2, -0.15) is 0 Å². The lowest BCUT2D eigenvalue weighted by Crippen LogP contribution is -2.51. The second kappa shape index (κ2) is 7.09. The van der Waals surface area contributed by atoms with Gasteiger partial charge in [-0.25, -0.2) is 4.98 Å². The molecule has 2 aliphatic rings. The molecular weight excluding hydrogens is 322 g/mol. The predicted molar refractivity (Wildman–Crippen MR) is 97.5 cm³/mol. The number of amides is 1. The smallest absolute Gasteiger partial charge is 0.220 e. The molecule has 1 amide bonds. The summed E-state index contributed by atoms with van der Waals surface area (Å²) in [6.45, 7) is 7.71. The summed E-state index contributed by atoms with van der Waals surface area (Å²) in [4.78, 5) is 24.2. The van der Waals surface area contributed by atoms with Gasteiger partial charge in [0, 0.05) is 56.4 Å². The Morgan fingerprint density at radius 1 is 1.50 bits per heavy atom. The maximum atomic E-state index is 11.6. The van der Waals surface area contributed by atoms with Crippen molar-refractivity contribution in [1.29, 1.82) is 0 Å². The second-order valence-corrected chi connectivity index (χ2v) is 8.23. The highest BCUT2D eigenvalue weighted by Crippen LogP contribution is 2.35. The Hall–Kier alpha value is -1.63. The molecule has 1 unspecified atom stereocenters. The molecule has 1 aromatic heterocycles. The third kappa shape index (κ3) is 3.71. The monoisotopic (exact) mass is 349 g/mol. The molecule has 132 valence electrons. The largest absolute Gasteiger partial charge is 0.356 e. The summed E-state index contributed by atoms with van der Waals surface area (Å²) in [6, 6.07) is 0. The van der Waals surface area contributed by atoms with Crippen LogP contribution in [0.5, 0.6) is 0 Å². The zero-order chi connectivity index (χ0) is 17.2. The summed E-state index contributed by atoms with van der Waals surface area (Å²) in [5.74, 6) is 1.14. The van der Waals surface area contributed by atoms with Crippen LogP contribution < -0.4 is 10.6 Å². The van der Waals surface area contributed by atoms with Gasteiger partial charge in [-0.3, -0.25) is 9.79 Å². The lowest BCUT2D eigenvalue weighted by atomic mass is 9.79. The number of thiazole rings is 1. The number of aliphatic imine (C=N–C) groups is 1. The van der Waals surface area contributed by atoms with Gasteiger partial charge in [0.05, 0.1) is 10.7 Å². The summed E-state index contributed by atoms with van der Waals surface area (Å²) in [6.07, 6.45) is 3.86. The van der Waals surface area contributed by atoms with Crippen molar-refractivity contribution in [3.05, 3.63) is 15.6 Å². The van der Waals surface area contributed by atoms with Crippen molar-refractivity contribution in [3.63, 3.8) is 0 Å². The van der Waals surface area contributed by atoms with Crippen LogP contribution in [0.4, 0.5) is 0 Å². The fourth-order valence-corrected chi connectivity index (χ4v) is 4.79. The van der Waals surface area contributed by atoms with Crippen LogP contribution in [0.1, 0.15) is 34.8 Å². The molecule has 0 aliphatic carbocycles. The molecule has 6 nitrogen and oxygen atoms in total. The Balaban J connectivity index is 1.56. The van der Waals surface area contributed by atoms with E-state index in [-0.39, 0.29) is 11.3 Å². The van der Waals surface area contributed by atoms with Crippen molar-refractivity contribution in [2.75, 3.05) is 33.2 Å². The maximum absolute atomic E-state index is 11.6. The summed E-state index contributed by atoms with van der Waals surface area (Å²) >= 11 is 1.77. The maximum Gasteiger partial charge on any atom is 0.220 e. The molecule has 2 N–H and O–H groups in total. The Kier molecular flexibility index (Phi) is 5.08. The molecule has 0 aromatic carbocycles. The molecule has 1 aromatic rings. The minimum absolute atomic E-state index is 0.0956.